The van der Waals surface area contributed by atoms with Crippen LogP contribution < -0.4 is 0 Å². The third-order valence-electron chi connectivity index (χ3n) is 12.5. The summed E-state index contributed by atoms with van der Waals surface area (Å²) in [6.45, 7) is 0. The predicted octanol–water partition coefficient (Wildman–Crippen LogP) is 14.8. The molecule has 0 N–H and O–H groups in total. The predicted molar refractivity (Wildman–Crippen MR) is 250 cm³/mol. The standard InChI is InChI=1S/C55H30N4O3/c1-2-13-34-31(12-1)28-43-38-17-6-10-23-47(38)62-52(43)50(34)42-19-11-18-41-35-14-3-7-20-44(35)59(51(41)42)55-57-53(32-24-26-39-36-15-4-8-21-45(36)60-48(39)29-32)56-54(58-55)33-25-27-40-37-16-5-9-22-46(37)61-49(40)30-33/h1-30H. The molecule has 0 saturated carbocycles. The van der Waals surface area contributed by atoms with Crippen LogP contribution in [0.1, 0.15) is 0 Å². The van der Waals surface area contributed by atoms with Crippen molar-refractivity contribution in [3.8, 4) is 39.9 Å². The molecule has 0 spiro atoms. The second-order valence-electron chi connectivity index (χ2n) is 15.9. The number of benzene rings is 9. The number of aromatic nitrogens is 4. The van der Waals surface area contributed by atoms with E-state index in [2.05, 4.69) is 126 Å². The van der Waals surface area contributed by atoms with E-state index >= 15 is 0 Å². The van der Waals surface area contributed by atoms with E-state index in [1.54, 1.807) is 0 Å². The molecule has 0 unspecified atom stereocenters. The van der Waals surface area contributed by atoms with E-state index in [9.17, 15) is 0 Å². The molecule has 0 aliphatic carbocycles. The van der Waals surface area contributed by atoms with Crippen LogP contribution in [0.15, 0.2) is 195 Å². The fraction of sp³-hybridized carbons (Fsp3) is 0. The molecule has 0 aliphatic heterocycles. The van der Waals surface area contributed by atoms with Crippen molar-refractivity contribution in [3.05, 3.63) is 182 Å². The molecule has 7 nitrogen and oxygen atoms in total. The number of para-hydroxylation sites is 5. The molecule has 14 aromatic rings. The van der Waals surface area contributed by atoms with Gasteiger partial charge in [0.25, 0.3) is 0 Å². The summed E-state index contributed by atoms with van der Waals surface area (Å²) in [7, 11) is 0. The van der Waals surface area contributed by atoms with Gasteiger partial charge in [0, 0.05) is 65.3 Å². The van der Waals surface area contributed by atoms with Crippen LogP contribution in [0.2, 0.25) is 0 Å². The maximum absolute atomic E-state index is 6.81. The van der Waals surface area contributed by atoms with Crippen molar-refractivity contribution in [2.75, 3.05) is 0 Å². The fourth-order valence-electron chi connectivity index (χ4n) is 9.67. The third kappa shape index (κ3) is 4.73. The number of rotatable bonds is 4. The lowest BCUT2D eigenvalue weighted by molar-refractivity contribution is 0.668. The Morgan fingerprint density at radius 3 is 1.53 bits per heavy atom. The first kappa shape index (κ1) is 33.3. The minimum absolute atomic E-state index is 0.485. The highest BCUT2D eigenvalue weighted by Gasteiger charge is 2.24. The second kappa shape index (κ2) is 12.5. The van der Waals surface area contributed by atoms with Crippen molar-refractivity contribution in [1.82, 2.24) is 19.5 Å². The summed E-state index contributed by atoms with van der Waals surface area (Å²) in [5.74, 6) is 1.52. The highest BCUT2D eigenvalue weighted by Crippen LogP contribution is 2.46. The highest BCUT2D eigenvalue weighted by atomic mass is 16.3. The molecule has 62 heavy (non-hydrogen) atoms. The van der Waals surface area contributed by atoms with Gasteiger partial charge in [-0.15, -0.1) is 0 Å². The molecule has 0 bridgehead atoms. The quantitative estimate of drug-likeness (QED) is 0.176. The molecule has 0 amide bonds. The Labute approximate surface area is 351 Å². The van der Waals surface area contributed by atoms with Crippen molar-refractivity contribution in [3.63, 3.8) is 0 Å². The van der Waals surface area contributed by atoms with Crippen molar-refractivity contribution >= 4 is 98.4 Å². The first-order chi connectivity index (χ1) is 30.7. The van der Waals surface area contributed by atoms with Crippen LogP contribution in [-0.2, 0) is 0 Å². The number of hydrogen-bond donors (Lipinski definition) is 0. The zero-order valence-corrected chi connectivity index (χ0v) is 32.8. The van der Waals surface area contributed by atoms with E-state index < -0.39 is 0 Å². The van der Waals surface area contributed by atoms with Crippen LogP contribution in [0.4, 0.5) is 0 Å². The molecule has 288 valence electrons. The Bertz CT molecular complexity index is 4060. The molecule has 0 radical (unpaired) electrons. The summed E-state index contributed by atoms with van der Waals surface area (Å²) < 4.78 is 21.8. The smallest absolute Gasteiger partial charge is 0.238 e. The molecule has 0 fully saturated rings. The van der Waals surface area contributed by atoms with Crippen LogP contribution in [0.5, 0.6) is 0 Å². The number of nitrogens with zero attached hydrogens (tertiary/aromatic N) is 4. The Balaban J connectivity index is 1.09. The van der Waals surface area contributed by atoms with Gasteiger partial charge in [-0.2, -0.15) is 9.97 Å². The van der Waals surface area contributed by atoms with Crippen LogP contribution in [0.3, 0.4) is 0 Å². The zero-order valence-electron chi connectivity index (χ0n) is 32.8. The normalized spacial score (nSPS) is 12.2. The summed E-state index contributed by atoms with van der Waals surface area (Å²) in [4.78, 5) is 16.0. The van der Waals surface area contributed by atoms with E-state index in [0.717, 1.165) is 121 Å². The molecule has 9 aromatic carbocycles. The molecule has 5 aromatic heterocycles. The third-order valence-corrected chi connectivity index (χ3v) is 12.5. The Morgan fingerprint density at radius 2 is 0.871 bits per heavy atom. The maximum atomic E-state index is 6.81. The SMILES string of the molecule is c1ccc2c(-c3cccc4c5ccccc5n(-c5nc(-c6ccc7c(c6)oc6ccccc67)nc(-c6ccc7c(c6)oc6ccccc67)n5)c34)c3oc4ccccc4c3cc2c1. The first-order valence-corrected chi connectivity index (χ1v) is 20.7. The Morgan fingerprint density at radius 1 is 0.355 bits per heavy atom. The minimum Gasteiger partial charge on any atom is -0.456 e. The first-order valence-electron chi connectivity index (χ1n) is 20.7. The Hall–Kier alpha value is -8.55. The number of hydrogen-bond acceptors (Lipinski definition) is 6. The second-order valence-corrected chi connectivity index (χ2v) is 15.9. The van der Waals surface area contributed by atoms with Crippen LogP contribution in [-0.4, -0.2) is 19.5 Å². The number of fused-ring (bicyclic) bond motifs is 13. The molecule has 0 aliphatic rings. The summed E-state index contributed by atoms with van der Waals surface area (Å²) in [6, 6.07) is 62.7. The summed E-state index contributed by atoms with van der Waals surface area (Å²) in [5, 5.41) is 10.7. The summed E-state index contributed by atoms with van der Waals surface area (Å²) >= 11 is 0. The van der Waals surface area contributed by atoms with Crippen LogP contribution in [0, 0.1) is 0 Å². The molecule has 0 atom stereocenters. The monoisotopic (exact) mass is 794 g/mol. The topological polar surface area (TPSA) is 83.0 Å². The molecular formula is C55H30N4O3. The number of furan rings is 3. The lowest BCUT2D eigenvalue weighted by Crippen LogP contribution is -2.07. The molecular weight excluding hydrogens is 765 g/mol. The van der Waals surface area contributed by atoms with E-state index in [-0.39, 0.29) is 0 Å². The van der Waals surface area contributed by atoms with E-state index in [1.807, 2.05) is 60.7 Å². The van der Waals surface area contributed by atoms with Gasteiger partial charge in [-0.3, -0.25) is 4.57 Å². The van der Waals surface area contributed by atoms with Crippen molar-refractivity contribution in [1.29, 1.82) is 0 Å². The molecule has 7 heteroatoms. The van der Waals surface area contributed by atoms with Gasteiger partial charge in [-0.1, -0.05) is 127 Å². The van der Waals surface area contributed by atoms with E-state index in [0.29, 0.717) is 17.6 Å². The van der Waals surface area contributed by atoms with Crippen molar-refractivity contribution < 1.29 is 13.3 Å². The van der Waals surface area contributed by atoms with Gasteiger partial charge in [0.1, 0.15) is 33.5 Å². The van der Waals surface area contributed by atoms with Gasteiger partial charge in [-0.25, -0.2) is 4.98 Å². The molecule has 14 rings (SSSR count). The largest absolute Gasteiger partial charge is 0.456 e. The highest BCUT2D eigenvalue weighted by molar-refractivity contribution is 6.23. The fourth-order valence-corrected chi connectivity index (χ4v) is 9.67. The lowest BCUT2D eigenvalue weighted by atomic mass is 9.93. The van der Waals surface area contributed by atoms with E-state index in [4.69, 9.17) is 28.2 Å². The van der Waals surface area contributed by atoms with Gasteiger partial charge in [0.05, 0.1) is 11.0 Å². The average Bonchev–Trinajstić information content (AvgIpc) is 4.09. The van der Waals surface area contributed by atoms with Gasteiger partial charge in [-0.05, 0) is 65.4 Å². The van der Waals surface area contributed by atoms with Crippen molar-refractivity contribution in [2.45, 2.75) is 0 Å². The average molecular weight is 795 g/mol. The van der Waals surface area contributed by atoms with Crippen molar-refractivity contribution in [2.24, 2.45) is 0 Å². The van der Waals surface area contributed by atoms with Gasteiger partial charge >= 0.3 is 0 Å². The van der Waals surface area contributed by atoms with Gasteiger partial charge in [0.2, 0.25) is 5.95 Å². The van der Waals surface area contributed by atoms with Gasteiger partial charge < -0.3 is 13.3 Å². The summed E-state index contributed by atoms with van der Waals surface area (Å²) in [5.41, 5.74) is 10.5. The van der Waals surface area contributed by atoms with Crippen LogP contribution >= 0.6 is 0 Å². The Kier molecular flexibility index (Phi) is 6.71. The zero-order chi connectivity index (χ0) is 40.5. The minimum atomic E-state index is 0.485. The van der Waals surface area contributed by atoms with E-state index in [1.165, 1.54) is 0 Å². The molecule has 0 saturated heterocycles. The lowest BCUT2D eigenvalue weighted by Gasteiger charge is -2.14. The molecule has 5 heterocycles. The summed E-state index contributed by atoms with van der Waals surface area (Å²) in [6.07, 6.45) is 0. The van der Waals surface area contributed by atoms with Gasteiger partial charge in [0.15, 0.2) is 11.6 Å². The maximum Gasteiger partial charge on any atom is 0.238 e. The van der Waals surface area contributed by atoms with Crippen LogP contribution in [0.25, 0.3) is 138 Å².